The van der Waals surface area contributed by atoms with Crippen LogP contribution in [0.5, 0.6) is 0 Å². The van der Waals surface area contributed by atoms with Gasteiger partial charge in [0.2, 0.25) is 11.8 Å². The zero-order chi connectivity index (χ0) is 20.8. The van der Waals surface area contributed by atoms with Gasteiger partial charge < -0.3 is 19.8 Å². The number of ether oxygens (including phenoxy) is 1. The highest BCUT2D eigenvalue weighted by Crippen LogP contribution is 2.20. The van der Waals surface area contributed by atoms with Crippen LogP contribution in [-0.2, 0) is 17.8 Å². The number of hydrogen-bond acceptors (Lipinski definition) is 8. The topological polar surface area (TPSA) is 132 Å². The van der Waals surface area contributed by atoms with Gasteiger partial charge in [-0.1, -0.05) is 30.3 Å². The summed E-state index contributed by atoms with van der Waals surface area (Å²) in [7, 11) is 1.60. The summed E-state index contributed by atoms with van der Waals surface area (Å²) >= 11 is 0. The Labute approximate surface area is 166 Å². The number of anilines is 2. The van der Waals surface area contributed by atoms with Gasteiger partial charge in [-0.05, 0) is 12.0 Å². The molecule has 0 aliphatic heterocycles. The first-order valence-corrected chi connectivity index (χ1v) is 9.19. The molecule has 10 heteroatoms. The molecule has 0 fully saturated rings. The van der Waals surface area contributed by atoms with Crippen LogP contribution in [0.1, 0.15) is 23.8 Å². The third kappa shape index (κ3) is 4.91. The lowest BCUT2D eigenvalue weighted by Gasteiger charge is -2.24. The number of aromatic amines is 1. The molecule has 0 bridgehead atoms. The maximum absolute atomic E-state index is 12.6. The van der Waals surface area contributed by atoms with E-state index >= 15 is 0 Å². The third-order valence-electron chi connectivity index (χ3n) is 4.38. The van der Waals surface area contributed by atoms with E-state index in [1.165, 1.54) is 4.57 Å². The fraction of sp³-hybridized carbons (Fsp3) is 0.368. The van der Waals surface area contributed by atoms with Gasteiger partial charge in [0.05, 0.1) is 13.1 Å². The van der Waals surface area contributed by atoms with Gasteiger partial charge >= 0.3 is 5.69 Å². The monoisotopic (exact) mass is 400 g/mol. The lowest BCUT2D eigenvalue weighted by molar-refractivity contribution is 0.196. The maximum atomic E-state index is 12.6. The Kier molecular flexibility index (Phi) is 6.45. The number of aromatic nitrogens is 4. The molecule has 0 radical (unpaired) electrons. The molecule has 3 aromatic rings. The number of benzene rings is 1. The number of nitrogens with two attached hydrogens (primary N) is 1. The molecular weight excluding hydrogens is 376 g/mol. The summed E-state index contributed by atoms with van der Waals surface area (Å²) in [5.74, 6) is 0.851. The lowest BCUT2D eigenvalue weighted by atomic mass is 10.2. The van der Waals surface area contributed by atoms with Gasteiger partial charge in [0, 0.05) is 27.2 Å². The second kappa shape index (κ2) is 9.20. The van der Waals surface area contributed by atoms with Crippen molar-refractivity contribution in [3.8, 4) is 0 Å². The van der Waals surface area contributed by atoms with Gasteiger partial charge in [-0.3, -0.25) is 14.3 Å². The number of nitrogens with one attached hydrogen (secondary N) is 1. The molecule has 2 heterocycles. The van der Waals surface area contributed by atoms with Crippen molar-refractivity contribution in [3.05, 3.63) is 68.5 Å². The van der Waals surface area contributed by atoms with E-state index in [0.29, 0.717) is 31.4 Å². The zero-order valence-corrected chi connectivity index (χ0v) is 16.4. The second-order valence-corrected chi connectivity index (χ2v) is 6.55. The molecule has 0 amide bonds. The van der Waals surface area contributed by atoms with Gasteiger partial charge in [-0.25, -0.2) is 4.79 Å². The first-order chi connectivity index (χ1) is 14.0. The maximum Gasteiger partial charge on any atom is 0.330 e. The molecular formula is C19H24N6O4. The van der Waals surface area contributed by atoms with Crippen molar-refractivity contribution in [1.82, 2.24) is 19.7 Å². The number of aryl methyl sites for hydroxylation is 1. The van der Waals surface area contributed by atoms with E-state index in [2.05, 4.69) is 15.2 Å². The minimum Gasteiger partial charge on any atom is -0.424 e. The highest BCUT2D eigenvalue weighted by Gasteiger charge is 2.21. The number of nitrogen functional groups attached to an aromatic ring is 1. The summed E-state index contributed by atoms with van der Waals surface area (Å²) < 4.78 is 11.9. The highest BCUT2D eigenvalue weighted by atomic mass is 16.5. The molecule has 2 aromatic heterocycles. The number of H-pyrrole nitrogens is 1. The quantitative estimate of drug-likeness (QED) is 0.506. The van der Waals surface area contributed by atoms with Crippen LogP contribution in [0.4, 0.5) is 11.5 Å². The minimum absolute atomic E-state index is 0.0799. The number of hydrogen-bond donors (Lipinski definition) is 2. The molecule has 0 unspecified atom stereocenters. The first-order valence-electron chi connectivity index (χ1n) is 9.19. The van der Waals surface area contributed by atoms with Gasteiger partial charge in [0.25, 0.3) is 5.56 Å². The van der Waals surface area contributed by atoms with Gasteiger partial charge in [0.15, 0.2) is 0 Å². The molecule has 10 nitrogen and oxygen atoms in total. The van der Waals surface area contributed by atoms with E-state index in [9.17, 15) is 9.59 Å². The molecule has 0 aliphatic carbocycles. The average Bonchev–Trinajstić information content (AvgIpc) is 3.10. The minimum atomic E-state index is -0.564. The Bertz CT molecular complexity index is 1060. The van der Waals surface area contributed by atoms with Crippen LogP contribution in [0.3, 0.4) is 0 Å². The van der Waals surface area contributed by atoms with Crippen molar-refractivity contribution in [2.45, 2.75) is 26.4 Å². The van der Waals surface area contributed by atoms with Crippen LogP contribution in [0.15, 0.2) is 44.3 Å². The Balaban J connectivity index is 2.00. The molecule has 0 aliphatic rings. The van der Waals surface area contributed by atoms with Gasteiger partial charge in [0.1, 0.15) is 11.5 Å². The molecule has 3 rings (SSSR count). The molecule has 29 heavy (non-hydrogen) atoms. The fourth-order valence-corrected chi connectivity index (χ4v) is 3.04. The van der Waals surface area contributed by atoms with E-state index in [0.717, 1.165) is 5.56 Å². The normalized spacial score (nSPS) is 11.0. The van der Waals surface area contributed by atoms with Crippen molar-refractivity contribution >= 4 is 11.5 Å². The lowest BCUT2D eigenvalue weighted by Crippen LogP contribution is -2.39. The molecule has 0 saturated heterocycles. The van der Waals surface area contributed by atoms with Gasteiger partial charge in [-0.15, -0.1) is 10.2 Å². The fourth-order valence-electron chi connectivity index (χ4n) is 3.04. The Morgan fingerprint density at radius 3 is 2.66 bits per heavy atom. The molecule has 1 aromatic carbocycles. The van der Waals surface area contributed by atoms with E-state index in [1.54, 1.807) is 18.9 Å². The zero-order valence-electron chi connectivity index (χ0n) is 16.4. The highest BCUT2D eigenvalue weighted by molar-refractivity contribution is 5.62. The Morgan fingerprint density at radius 2 is 2.00 bits per heavy atom. The third-order valence-corrected chi connectivity index (χ3v) is 4.38. The predicted octanol–water partition coefficient (Wildman–Crippen LogP) is 0.902. The van der Waals surface area contributed by atoms with E-state index < -0.39 is 11.2 Å². The van der Waals surface area contributed by atoms with Crippen molar-refractivity contribution in [2.75, 3.05) is 30.9 Å². The van der Waals surface area contributed by atoms with Crippen molar-refractivity contribution in [2.24, 2.45) is 0 Å². The SMILES string of the molecule is COCCCN(Cc1nnc(C)o1)c1c(N)n(Cc2ccccc2)c(=O)[nH]c1=O. The Morgan fingerprint density at radius 1 is 1.24 bits per heavy atom. The number of nitrogens with zero attached hydrogens (tertiary/aromatic N) is 4. The Hall–Kier alpha value is -3.40. The molecule has 0 saturated carbocycles. The van der Waals surface area contributed by atoms with Crippen LogP contribution in [-0.4, -0.2) is 40.0 Å². The first kappa shape index (κ1) is 20.3. The molecule has 3 N–H and O–H groups in total. The molecule has 0 spiro atoms. The van der Waals surface area contributed by atoms with Crippen molar-refractivity contribution < 1.29 is 9.15 Å². The van der Waals surface area contributed by atoms with Gasteiger partial charge in [-0.2, -0.15) is 0 Å². The largest absolute Gasteiger partial charge is 0.424 e. The van der Waals surface area contributed by atoms with Crippen LogP contribution in [0.2, 0.25) is 0 Å². The summed E-state index contributed by atoms with van der Waals surface area (Å²) in [6.07, 6.45) is 0.639. The van der Waals surface area contributed by atoms with Crippen LogP contribution in [0, 0.1) is 6.92 Å². The summed E-state index contributed by atoms with van der Waals surface area (Å²) in [5.41, 5.74) is 6.25. The summed E-state index contributed by atoms with van der Waals surface area (Å²) in [4.78, 5) is 29.1. The van der Waals surface area contributed by atoms with E-state index in [-0.39, 0.29) is 24.6 Å². The summed E-state index contributed by atoms with van der Waals surface area (Å²) in [6.45, 7) is 3.06. The van der Waals surface area contributed by atoms with E-state index in [4.69, 9.17) is 14.9 Å². The summed E-state index contributed by atoms with van der Waals surface area (Å²) in [5, 5.41) is 7.82. The van der Waals surface area contributed by atoms with Crippen LogP contribution < -0.4 is 21.9 Å². The predicted molar refractivity (Wildman–Crippen MR) is 108 cm³/mol. The van der Waals surface area contributed by atoms with E-state index in [1.807, 2.05) is 30.3 Å². The average molecular weight is 400 g/mol. The standard InChI is InChI=1S/C19H24N6O4/c1-13-22-23-15(29-13)12-24(9-6-10-28-2)16-17(20)25(19(27)21-18(16)26)11-14-7-4-3-5-8-14/h3-5,7-8H,6,9-12,20H2,1-2H3,(H,21,26,27). The van der Waals surface area contributed by atoms with Crippen LogP contribution >= 0.6 is 0 Å². The molecule has 154 valence electrons. The number of rotatable bonds is 9. The number of methoxy groups -OCH3 is 1. The second-order valence-electron chi connectivity index (χ2n) is 6.55. The van der Waals surface area contributed by atoms with Crippen LogP contribution in [0.25, 0.3) is 0 Å². The molecule has 0 atom stereocenters. The van der Waals surface area contributed by atoms with Crippen molar-refractivity contribution in [3.63, 3.8) is 0 Å². The smallest absolute Gasteiger partial charge is 0.330 e. The van der Waals surface area contributed by atoms with Crippen molar-refractivity contribution in [1.29, 1.82) is 0 Å². The summed E-state index contributed by atoms with van der Waals surface area (Å²) in [6, 6.07) is 9.40.